The molecule has 2 N–H and O–H groups in total. The molecule has 1 atom stereocenters. The number of alkyl halides is 3. The molecule has 230 valence electrons. The molecule has 0 unspecified atom stereocenters. The SMILES string of the molecule is O=C(N[C@@H](CS(=O)(=O)Cc1ccccc1C(F)(F)F)C(=O)NC1(C(=O)c2nc3ccccc3o2)CCC1)C1CCOCC1. The van der Waals surface area contributed by atoms with Gasteiger partial charge in [0.2, 0.25) is 17.6 Å². The first-order valence-electron chi connectivity index (χ1n) is 13.8. The predicted molar refractivity (Wildman–Crippen MR) is 147 cm³/mol. The van der Waals surface area contributed by atoms with Crippen molar-refractivity contribution >= 4 is 38.5 Å². The van der Waals surface area contributed by atoms with Crippen molar-refractivity contribution in [2.75, 3.05) is 19.0 Å². The number of oxazole rings is 1. The third kappa shape index (κ3) is 6.90. The summed E-state index contributed by atoms with van der Waals surface area (Å²) in [6, 6.07) is 9.32. The number of rotatable bonds is 10. The van der Waals surface area contributed by atoms with Crippen LogP contribution in [0.5, 0.6) is 0 Å². The number of halogens is 3. The maximum absolute atomic E-state index is 13.6. The van der Waals surface area contributed by atoms with Crippen LogP contribution in [0.2, 0.25) is 0 Å². The molecule has 1 saturated carbocycles. The van der Waals surface area contributed by atoms with Crippen molar-refractivity contribution in [3.8, 4) is 0 Å². The minimum Gasteiger partial charge on any atom is -0.434 e. The average Bonchev–Trinajstić information content (AvgIpc) is 3.38. The van der Waals surface area contributed by atoms with Crippen molar-refractivity contribution in [2.24, 2.45) is 5.92 Å². The van der Waals surface area contributed by atoms with Crippen LogP contribution in [-0.4, -0.2) is 61.5 Å². The Morgan fingerprint density at radius 2 is 1.70 bits per heavy atom. The topological polar surface area (TPSA) is 145 Å². The molecule has 2 amide bonds. The summed E-state index contributed by atoms with van der Waals surface area (Å²) >= 11 is 0. The molecular formula is C29H30F3N3O7S. The highest BCUT2D eigenvalue weighted by atomic mass is 32.2. The Kier molecular flexibility index (Phi) is 8.61. The van der Waals surface area contributed by atoms with E-state index in [0.717, 1.165) is 18.2 Å². The highest BCUT2D eigenvalue weighted by Gasteiger charge is 2.49. The van der Waals surface area contributed by atoms with Gasteiger partial charge in [-0.15, -0.1) is 0 Å². The second kappa shape index (κ2) is 12.1. The quantitative estimate of drug-likeness (QED) is 0.327. The van der Waals surface area contributed by atoms with Crippen LogP contribution >= 0.6 is 0 Å². The van der Waals surface area contributed by atoms with Crippen molar-refractivity contribution in [1.82, 2.24) is 15.6 Å². The van der Waals surface area contributed by atoms with E-state index in [-0.39, 0.29) is 18.7 Å². The van der Waals surface area contributed by atoms with Crippen LogP contribution in [0.25, 0.3) is 11.1 Å². The standard InChI is InChI=1S/C29H30F3N3O7S/c30-29(31,32)20-7-2-1-6-19(20)16-43(39,40)17-22(33-25(37)18-10-14-41-15-11-18)26(38)35-28(12-5-13-28)24(36)27-34-21-8-3-4-9-23(21)42-27/h1-4,6-9,18,22H,5,10-17H2,(H,33,37)(H,35,38)/t22-/m0/s1. The molecule has 1 saturated heterocycles. The molecular weight excluding hydrogens is 591 g/mol. The number of sulfone groups is 1. The van der Waals surface area contributed by atoms with Crippen molar-refractivity contribution < 1.29 is 45.1 Å². The summed E-state index contributed by atoms with van der Waals surface area (Å²) in [6.45, 7) is 0.618. The van der Waals surface area contributed by atoms with Crippen molar-refractivity contribution in [3.05, 3.63) is 65.5 Å². The van der Waals surface area contributed by atoms with E-state index in [2.05, 4.69) is 15.6 Å². The predicted octanol–water partition coefficient (Wildman–Crippen LogP) is 3.59. The van der Waals surface area contributed by atoms with Crippen LogP contribution < -0.4 is 10.6 Å². The Labute approximate surface area is 245 Å². The second-order valence-electron chi connectivity index (χ2n) is 10.9. The van der Waals surface area contributed by atoms with Gasteiger partial charge in [0.25, 0.3) is 5.89 Å². The molecule has 3 aromatic rings. The first-order chi connectivity index (χ1) is 20.4. The fourth-order valence-electron chi connectivity index (χ4n) is 5.34. The molecule has 2 aliphatic rings. The van der Waals surface area contributed by atoms with E-state index >= 15 is 0 Å². The first-order valence-corrected chi connectivity index (χ1v) is 15.7. The van der Waals surface area contributed by atoms with E-state index in [1.807, 2.05) is 0 Å². The number of nitrogens with zero attached hydrogens (tertiary/aromatic N) is 1. The van der Waals surface area contributed by atoms with Gasteiger partial charge in [0.15, 0.2) is 15.4 Å². The number of benzene rings is 2. The van der Waals surface area contributed by atoms with E-state index in [9.17, 15) is 36.0 Å². The maximum atomic E-state index is 13.6. The monoisotopic (exact) mass is 621 g/mol. The van der Waals surface area contributed by atoms with E-state index in [1.165, 1.54) is 6.07 Å². The Hall–Kier alpha value is -3.78. The van der Waals surface area contributed by atoms with Gasteiger partial charge in [-0.2, -0.15) is 13.2 Å². The van der Waals surface area contributed by atoms with Crippen molar-refractivity contribution in [2.45, 2.75) is 55.6 Å². The minimum absolute atomic E-state index is 0.222. The van der Waals surface area contributed by atoms with Gasteiger partial charge in [-0.25, -0.2) is 13.4 Å². The fourth-order valence-corrected chi connectivity index (χ4v) is 6.93. The number of carbonyl (C=O) groups excluding carboxylic acids is 3. The van der Waals surface area contributed by atoms with Crippen LogP contribution in [0.4, 0.5) is 13.2 Å². The lowest BCUT2D eigenvalue weighted by Gasteiger charge is -2.40. The van der Waals surface area contributed by atoms with Crippen LogP contribution in [0.3, 0.4) is 0 Å². The van der Waals surface area contributed by atoms with Gasteiger partial charge in [-0.3, -0.25) is 14.4 Å². The zero-order valence-corrected chi connectivity index (χ0v) is 23.8. The number of ketones is 1. The van der Waals surface area contributed by atoms with Gasteiger partial charge < -0.3 is 19.8 Å². The third-order valence-electron chi connectivity index (χ3n) is 7.84. The summed E-state index contributed by atoms with van der Waals surface area (Å²) in [4.78, 5) is 44.4. The number of aromatic nitrogens is 1. The van der Waals surface area contributed by atoms with Crippen LogP contribution in [0, 0.1) is 5.92 Å². The number of Topliss-reactive ketones (excluding diaryl/α,β-unsaturated/α-hetero) is 1. The smallest absolute Gasteiger partial charge is 0.416 e. The summed E-state index contributed by atoms with van der Waals surface area (Å²) in [5.74, 6) is -4.88. The third-order valence-corrected chi connectivity index (χ3v) is 9.43. The number of hydrogen-bond donors (Lipinski definition) is 2. The molecule has 14 heteroatoms. The second-order valence-corrected chi connectivity index (χ2v) is 13.0. The summed E-state index contributed by atoms with van der Waals surface area (Å²) in [5, 5.41) is 5.12. The average molecular weight is 622 g/mol. The number of fused-ring (bicyclic) bond motifs is 1. The molecule has 2 heterocycles. The summed E-state index contributed by atoms with van der Waals surface area (Å²) in [6.07, 6.45) is -3.05. The largest absolute Gasteiger partial charge is 0.434 e. The zero-order valence-electron chi connectivity index (χ0n) is 23.0. The number of ether oxygens (including phenoxy) is 1. The molecule has 0 bridgehead atoms. The Morgan fingerprint density at radius 1 is 1.02 bits per heavy atom. The van der Waals surface area contributed by atoms with Crippen LogP contribution in [0.15, 0.2) is 52.9 Å². The lowest BCUT2D eigenvalue weighted by atomic mass is 9.73. The van der Waals surface area contributed by atoms with E-state index in [0.29, 0.717) is 43.6 Å². The van der Waals surface area contributed by atoms with Crippen LogP contribution in [-0.2, 0) is 36.1 Å². The molecule has 1 aliphatic carbocycles. The molecule has 0 radical (unpaired) electrons. The lowest BCUT2D eigenvalue weighted by Crippen LogP contribution is -2.64. The number of para-hydroxylation sites is 2. The number of nitrogens with one attached hydrogen (secondary N) is 2. The Morgan fingerprint density at radius 3 is 2.35 bits per heavy atom. The number of carbonyl (C=O) groups is 3. The molecule has 10 nitrogen and oxygen atoms in total. The fraction of sp³-hybridized carbons (Fsp3) is 0.448. The van der Waals surface area contributed by atoms with E-state index < -0.39 is 73.7 Å². The van der Waals surface area contributed by atoms with Crippen molar-refractivity contribution in [1.29, 1.82) is 0 Å². The van der Waals surface area contributed by atoms with Gasteiger partial charge in [0.05, 0.1) is 17.1 Å². The van der Waals surface area contributed by atoms with Gasteiger partial charge >= 0.3 is 6.18 Å². The molecule has 1 aromatic heterocycles. The van der Waals surface area contributed by atoms with E-state index in [1.54, 1.807) is 24.3 Å². The zero-order chi connectivity index (χ0) is 30.8. The van der Waals surface area contributed by atoms with E-state index in [4.69, 9.17) is 9.15 Å². The van der Waals surface area contributed by atoms with Gasteiger partial charge in [-0.1, -0.05) is 30.3 Å². The van der Waals surface area contributed by atoms with Gasteiger partial charge in [-0.05, 0) is 55.9 Å². The Balaban J connectivity index is 1.39. The summed E-state index contributed by atoms with van der Waals surface area (Å²) in [5.41, 5.74) is -2.21. The maximum Gasteiger partial charge on any atom is 0.416 e. The molecule has 5 rings (SSSR count). The molecule has 43 heavy (non-hydrogen) atoms. The normalized spacial score (nSPS) is 18.0. The van der Waals surface area contributed by atoms with Crippen molar-refractivity contribution in [3.63, 3.8) is 0 Å². The number of hydrogen-bond acceptors (Lipinski definition) is 8. The lowest BCUT2D eigenvalue weighted by molar-refractivity contribution is -0.138. The molecule has 1 aliphatic heterocycles. The van der Waals surface area contributed by atoms with Gasteiger partial charge in [0.1, 0.15) is 17.1 Å². The number of amides is 2. The van der Waals surface area contributed by atoms with Gasteiger partial charge in [0, 0.05) is 19.1 Å². The summed E-state index contributed by atoms with van der Waals surface area (Å²) < 4.78 is 78.0. The molecule has 2 aromatic carbocycles. The minimum atomic E-state index is -4.79. The summed E-state index contributed by atoms with van der Waals surface area (Å²) in [7, 11) is -4.39. The Bertz CT molecular complexity index is 1590. The first kappa shape index (κ1) is 30.7. The van der Waals surface area contributed by atoms with Crippen LogP contribution in [0.1, 0.15) is 53.9 Å². The highest BCUT2D eigenvalue weighted by Crippen LogP contribution is 2.36. The molecule has 2 fully saturated rings. The molecule has 0 spiro atoms. The highest BCUT2D eigenvalue weighted by molar-refractivity contribution is 7.90.